The topological polar surface area (TPSA) is 0 Å². The van der Waals surface area contributed by atoms with Crippen molar-refractivity contribution in [1.29, 1.82) is 0 Å². The fourth-order valence-electron chi connectivity index (χ4n) is 1.91. The summed E-state index contributed by atoms with van der Waals surface area (Å²) in [6, 6.07) is 11.0. The molecule has 0 saturated heterocycles. The Hall–Kier alpha value is -0.261. The van der Waals surface area contributed by atoms with Crippen LogP contribution >= 0.6 is 0 Å². The Morgan fingerprint density at radius 2 is 1.77 bits per heavy atom. The molecule has 1 aromatic carbocycles. The second kappa shape index (κ2) is 4.83. The Balaban J connectivity index is 1.79. The molecule has 0 N–H and O–H groups in total. The van der Waals surface area contributed by atoms with E-state index in [1.54, 1.807) is 4.46 Å². The fourth-order valence-corrected chi connectivity index (χ4v) is 4.24. The number of rotatable bonds is 3. The van der Waals surface area contributed by atoms with Crippen LogP contribution in [0.1, 0.15) is 25.7 Å². The van der Waals surface area contributed by atoms with Crippen molar-refractivity contribution in [2.24, 2.45) is 5.92 Å². The van der Waals surface area contributed by atoms with Gasteiger partial charge in [0.05, 0.1) is 0 Å². The number of benzene rings is 1. The summed E-state index contributed by atoms with van der Waals surface area (Å²) >= 11 is 0.732. The van der Waals surface area contributed by atoms with Crippen molar-refractivity contribution in [3.63, 3.8) is 0 Å². The molecule has 1 fully saturated rings. The molecule has 1 heteroatoms. The molecular formula is C12H16Se. The zero-order valence-electron chi connectivity index (χ0n) is 7.91. The molecule has 0 aromatic heterocycles. The predicted octanol–water partition coefficient (Wildman–Crippen LogP) is 2.62. The van der Waals surface area contributed by atoms with E-state index in [0.29, 0.717) is 0 Å². The van der Waals surface area contributed by atoms with Crippen molar-refractivity contribution in [2.75, 3.05) is 0 Å². The van der Waals surface area contributed by atoms with E-state index in [0.717, 1.165) is 20.9 Å². The maximum atomic E-state index is 2.27. The van der Waals surface area contributed by atoms with E-state index in [-0.39, 0.29) is 0 Å². The van der Waals surface area contributed by atoms with E-state index in [1.807, 2.05) is 0 Å². The van der Waals surface area contributed by atoms with Gasteiger partial charge in [-0.05, 0) is 0 Å². The molecule has 1 aliphatic carbocycles. The van der Waals surface area contributed by atoms with Crippen LogP contribution in [0.2, 0.25) is 5.32 Å². The van der Waals surface area contributed by atoms with E-state index in [2.05, 4.69) is 30.3 Å². The van der Waals surface area contributed by atoms with Crippen molar-refractivity contribution in [3.05, 3.63) is 30.3 Å². The molecule has 0 nitrogen and oxygen atoms in total. The van der Waals surface area contributed by atoms with Gasteiger partial charge < -0.3 is 0 Å². The molecule has 0 heterocycles. The minimum atomic E-state index is 0.732. The average molecular weight is 239 g/mol. The van der Waals surface area contributed by atoms with Crippen LogP contribution in [0.4, 0.5) is 0 Å². The van der Waals surface area contributed by atoms with Crippen LogP contribution in [-0.2, 0) is 0 Å². The molecule has 0 amide bonds. The van der Waals surface area contributed by atoms with Crippen LogP contribution in [0.15, 0.2) is 30.3 Å². The first-order valence-corrected chi connectivity index (χ1v) is 7.20. The molecule has 0 bridgehead atoms. The van der Waals surface area contributed by atoms with Gasteiger partial charge in [-0.1, -0.05) is 0 Å². The molecule has 1 saturated carbocycles. The van der Waals surface area contributed by atoms with Gasteiger partial charge in [-0.25, -0.2) is 0 Å². The van der Waals surface area contributed by atoms with Gasteiger partial charge in [0.1, 0.15) is 0 Å². The molecule has 1 aliphatic rings. The van der Waals surface area contributed by atoms with Gasteiger partial charge in [0, 0.05) is 0 Å². The Morgan fingerprint density at radius 3 is 2.46 bits per heavy atom. The first-order chi connectivity index (χ1) is 6.45. The summed E-state index contributed by atoms with van der Waals surface area (Å²) in [5, 5.41) is 1.47. The van der Waals surface area contributed by atoms with Gasteiger partial charge >= 0.3 is 86.7 Å². The van der Waals surface area contributed by atoms with Crippen LogP contribution in [0.3, 0.4) is 0 Å². The Labute approximate surface area is 86.9 Å². The molecule has 0 radical (unpaired) electrons. The van der Waals surface area contributed by atoms with Gasteiger partial charge in [0.25, 0.3) is 0 Å². The quantitative estimate of drug-likeness (QED) is 0.711. The summed E-state index contributed by atoms with van der Waals surface area (Å²) in [6.07, 6.45) is 5.95. The molecule has 70 valence electrons. The minimum absolute atomic E-state index is 0.732. The van der Waals surface area contributed by atoms with Gasteiger partial charge in [-0.15, -0.1) is 0 Å². The molecule has 0 unspecified atom stereocenters. The first-order valence-electron chi connectivity index (χ1n) is 5.13. The number of hydrogen-bond acceptors (Lipinski definition) is 0. The summed E-state index contributed by atoms with van der Waals surface area (Å²) in [5.74, 6) is 1.06. The summed E-state index contributed by atoms with van der Waals surface area (Å²) in [6.45, 7) is 0. The second-order valence-corrected chi connectivity index (χ2v) is 6.07. The van der Waals surface area contributed by atoms with Crippen molar-refractivity contribution in [3.8, 4) is 0 Å². The zero-order valence-corrected chi connectivity index (χ0v) is 9.62. The van der Waals surface area contributed by atoms with Crippen molar-refractivity contribution >= 4 is 19.4 Å². The number of hydrogen-bond donors (Lipinski definition) is 0. The zero-order chi connectivity index (χ0) is 8.93. The van der Waals surface area contributed by atoms with Gasteiger partial charge in [-0.2, -0.15) is 0 Å². The fraction of sp³-hybridized carbons (Fsp3) is 0.500. The third kappa shape index (κ3) is 2.86. The Kier molecular flexibility index (Phi) is 3.46. The Morgan fingerprint density at radius 1 is 1.08 bits per heavy atom. The predicted molar refractivity (Wildman–Crippen MR) is 58.6 cm³/mol. The molecule has 1 aromatic rings. The van der Waals surface area contributed by atoms with E-state index in [4.69, 9.17) is 0 Å². The van der Waals surface area contributed by atoms with Crippen molar-refractivity contribution < 1.29 is 0 Å². The molecular weight excluding hydrogens is 223 g/mol. The SMILES string of the molecule is c1ccc([Se]CC2CCCC2)cc1. The van der Waals surface area contributed by atoms with Gasteiger partial charge in [-0.3, -0.25) is 0 Å². The summed E-state index contributed by atoms with van der Waals surface area (Å²) < 4.78 is 1.57. The average Bonchev–Trinajstić information content (AvgIpc) is 2.69. The van der Waals surface area contributed by atoms with Crippen LogP contribution in [-0.4, -0.2) is 15.0 Å². The van der Waals surface area contributed by atoms with Crippen LogP contribution in [0.25, 0.3) is 0 Å². The molecule has 0 spiro atoms. The van der Waals surface area contributed by atoms with Gasteiger partial charge in [0.15, 0.2) is 0 Å². The van der Waals surface area contributed by atoms with Crippen LogP contribution < -0.4 is 4.46 Å². The summed E-state index contributed by atoms with van der Waals surface area (Å²) in [4.78, 5) is 0. The van der Waals surface area contributed by atoms with Crippen LogP contribution in [0.5, 0.6) is 0 Å². The maximum absolute atomic E-state index is 2.27. The second-order valence-electron chi connectivity index (χ2n) is 3.77. The third-order valence-electron chi connectivity index (χ3n) is 2.70. The standard InChI is InChI=1S/C12H16Se/c1-2-8-12(9-3-1)13-10-11-6-4-5-7-11/h1-3,8-9,11H,4-7,10H2. The first kappa shape index (κ1) is 9.30. The van der Waals surface area contributed by atoms with E-state index < -0.39 is 0 Å². The van der Waals surface area contributed by atoms with E-state index in [1.165, 1.54) is 31.0 Å². The van der Waals surface area contributed by atoms with E-state index >= 15 is 0 Å². The molecule has 0 atom stereocenters. The Bertz CT molecular complexity index is 237. The third-order valence-corrected chi connectivity index (χ3v) is 5.31. The van der Waals surface area contributed by atoms with Crippen molar-refractivity contribution in [1.82, 2.24) is 0 Å². The van der Waals surface area contributed by atoms with Crippen molar-refractivity contribution in [2.45, 2.75) is 31.0 Å². The van der Waals surface area contributed by atoms with E-state index in [9.17, 15) is 0 Å². The molecule has 13 heavy (non-hydrogen) atoms. The van der Waals surface area contributed by atoms with Crippen LogP contribution in [0, 0.1) is 5.92 Å². The monoisotopic (exact) mass is 240 g/mol. The van der Waals surface area contributed by atoms with Gasteiger partial charge in [0.2, 0.25) is 0 Å². The summed E-state index contributed by atoms with van der Waals surface area (Å²) in [7, 11) is 0. The normalized spacial score (nSPS) is 17.8. The summed E-state index contributed by atoms with van der Waals surface area (Å²) in [5.41, 5.74) is 0. The molecule has 0 aliphatic heterocycles. The molecule has 2 rings (SSSR count).